The maximum Gasteiger partial charge on any atom is 0.255 e. The SMILES string of the molecule is CN=CC(=CN)c1cnc(N)c(C(=O)NC(COCc2ccccc2)Cc2ccccc2)c1. The minimum atomic E-state index is -0.323. The van der Waals surface area contributed by atoms with Gasteiger partial charge in [0.15, 0.2) is 0 Å². The third kappa shape index (κ3) is 7.02. The highest BCUT2D eigenvalue weighted by Gasteiger charge is 2.18. The highest BCUT2D eigenvalue weighted by Crippen LogP contribution is 2.17. The average molecular weight is 444 g/mol. The number of amides is 1. The van der Waals surface area contributed by atoms with Gasteiger partial charge in [-0.15, -0.1) is 0 Å². The average Bonchev–Trinajstić information content (AvgIpc) is 2.84. The standard InChI is InChI=1S/C26H29N5O2/c1-29-15-22(14-27)21-13-24(25(28)30-16-21)26(32)31-23(12-19-8-4-2-5-9-19)18-33-17-20-10-6-3-7-11-20/h2-11,13-16,23H,12,17-18,27H2,1H3,(H2,28,30)(H,31,32). The van der Waals surface area contributed by atoms with Gasteiger partial charge >= 0.3 is 0 Å². The number of benzene rings is 2. The number of carbonyl (C=O) groups excluding carboxylic acids is 1. The Labute approximate surface area is 194 Å². The largest absolute Gasteiger partial charge is 0.404 e. The number of carbonyl (C=O) groups is 1. The number of anilines is 1. The Hall–Kier alpha value is -3.97. The van der Waals surface area contributed by atoms with Gasteiger partial charge in [-0.1, -0.05) is 60.7 Å². The molecule has 0 saturated carbocycles. The summed E-state index contributed by atoms with van der Waals surface area (Å²) in [5.74, 6) is -0.180. The van der Waals surface area contributed by atoms with Crippen LogP contribution in [0.5, 0.6) is 0 Å². The summed E-state index contributed by atoms with van der Waals surface area (Å²) >= 11 is 0. The summed E-state index contributed by atoms with van der Waals surface area (Å²) in [5, 5.41) is 3.06. The molecule has 7 nitrogen and oxygen atoms in total. The predicted octanol–water partition coefficient (Wildman–Crippen LogP) is 3.22. The van der Waals surface area contributed by atoms with Crippen LogP contribution in [-0.2, 0) is 17.8 Å². The van der Waals surface area contributed by atoms with Gasteiger partial charge in [0.1, 0.15) is 5.82 Å². The minimum Gasteiger partial charge on any atom is -0.404 e. The Morgan fingerprint density at radius 3 is 2.42 bits per heavy atom. The third-order valence-corrected chi connectivity index (χ3v) is 5.03. The predicted molar refractivity (Wildman–Crippen MR) is 133 cm³/mol. The number of pyridine rings is 1. The summed E-state index contributed by atoms with van der Waals surface area (Å²) < 4.78 is 5.93. The fraction of sp³-hybridized carbons (Fsp3) is 0.192. The van der Waals surface area contributed by atoms with Crippen molar-refractivity contribution in [3.8, 4) is 0 Å². The highest BCUT2D eigenvalue weighted by molar-refractivity contribution is 6.10. The van der Waals surface area contributed by atoms with E-state index >= 15 is 0 Å². The van der Waals surface area contributed by atoms with Crippen LogP contribution < -0.4 is 16.8 Å². The van der Waals surface area contributed by atoms with Crippen LogP contribution in [0.1, 0.15) is 27.0 Å². The molecule has 0 saturated heterocycles. The summed E-state index contributed by atoms with van der Waals surface area (Å²) in [4.78, 5) is 21.3. The van der Waals surface area contributed by atoms with Crippen molar-refractivity contribution in [3.63, 3.8) is 0 Å². The van der Waals surface area contributed by atoms with E-state index in [1.54, 1.807) is 25.5 Å². The lowest BCUT2D eigenvalue weighted by Crippen LogP contribution is -2.40. The molecule has 1 unspecified atom stereocenters. The second kappa shape index (κ2) is 12.2. The second-order valence-corrected chi connectivity index (χ2v) is 7.53. The number of nitrogen functional groups attached to an aromatic ring is 1. The van der Waals surface area contributed by atoms with Gasteiger partial charge in [0.2, 0.25) is 0 Å². The first-order valence-electron chi connectivity index (χ1n) is 10.7. The van der Waals surface area contributed by atoms with Crippen molar-refractivity contribution in [1.29, 1.82) is 0 Å². The van der Waals surface area contributed by atoms with Crippen LogP contribution in [0.3, 0.4) is 0 Å². The van der Waals surface area contributed by atoms with Gasteiger partial charge in [-0.3, -0.25) is 9.79 Å². The van der Waals surface area contributed by atoms with E-state index in [4.69, 9.17) is 16.2 Å². The second-order valence-electron chi connectivity index (χ2n) is 7.53. The molecular formula is C26H29N5O2. The lowest BCUT2D eigenvalue weighted by atomic mass is 10.0. The molecule has 3 rings (SSSR count). The number of hydrogen-bond donors (Lipinski definition) is 3. The zero-order chi connectivity index (χ0) is 23.5. The van der Waals surface area contributed by atoms with Crippen molar-refractivity contribution < 1.29 is 9.53 Å². The molecule has 0 spiro atoms. The molecule has 0 aliphatic carbocycles. The normalized spacial score (nSPS) is 12.6. The number of hydrogen-bond acceptors (Lipinski definition) is 6. The molecule has 2 aromatic carbocycles. The molecule has 0 aliphatic rings. The summed E-state index contributed by atoms with van der Waals surface area (Å²) in [5.41, 5.74) is 15.5. The van der Waals surface area contributed by atoms with Crippen LogP contribution >= 0.6 is 0 Å². The molecular weight excluding hydrogens is 414 g/mol. The molecule has 0 fully saturated rings. The van der Waals surface area contributed by atoms with Gasteiger partial charge in [0.25, 0.3) is 5.91 Å². The van der Waals surface area contributed by atoms with Crippen molar-refractivity contribution >= 4 is 23.5 Å². The van der Waals surface area contributed by atoms with Gasteiger partial charge in [0.05, 0.1) is 24.8 Å². The number of nitrogens with two attached hydrogens (primary N) is 2. The summed E-state index contributed by atoms with van der Waals surface area (Å²) in [6.07, 6.45) is 5.20. The van der Waals surface area contributed by atoms with Crippen molar-refractivity contribution in [2.24, 2.45) is 10.7 Å². The van der Waals surface area contributed by atoms with Gasteiger partial charge in [-0.05, 0) is 23.6 Å². The molecule has 33 heavy (non-hydrogen) atoms. The monoisotopic (exact) mass is 443 g/mol. The van der Waals surface area contributed by atoms with Crippen molar-refractivity contribution in [3.05, 3.63) is 101 Å². The van der Waals surface area contributed by atoms with Gasteiger partial charge in [0, 0.05) is 36.8 Å². The van der Waals surface area contributed by atoms with Crippen LogP contribution in [0, 0.1) is 0 Å². The van der Waals surface area contributed by atoms with Gasteiger partial charge in [-0.25, -0.2) is 4.98 Å². The Balaban J connectivity index is 1.75. The van der Waals surface area contributed by atoms with Crippen LogP contribution in [0.2, 0.25) is 0 Å². The molecule has 170 valence electrons. The zero-order valence-corrected chi connectivity index (χ0v) is 18.6. The Bertz CT molecular complexity index is 1100. The number of nitrogens with zero attached hydrogens (tertiary/aromatic N) is 2. The lowest BCUT2D eigenvalue weighted by molar-refractivity contribution is 0.0798. The number of nitrogens with one attached hydrogen (secondary N) is 1. The molecule has 0 aliphatic heterocycles. The highest BCUT2D eigenvalue weighted by atomic mass is 16.5. The third-order valence-electron chi connectivity index (χ3n) is 5.03. The number of ether oxygens (including phenoxy) is 1. The molecule has 5 N–H and O–H groups in total. The fourth-order valence-corrected chi connectivity index (χ4v) is 3.37. The molecule has 0 radical (unpaired) electrons. The first kappa shape index (κ1) is 23.7. The molecule has 7 heteroatoms. The molecule has 1 amide bonds. The summed E-state index contributed by atoms with van der Waals surface area (Å²) in [6, 6.07) is 21.3. The number of rotatable bonds is 10. The first-order valence-corrected chi connectivity index (χ1v) is 10.7. The lowest BCUT2D eigenvalue weighted by Gasteiger charge is -2.20. The Kier molecular flexibility index (Phi) is 8.73. The van der Waals surface area contributed by atoms with E-state index in [0.29, 0.717) is 30.8 Å². The topological polar surface area (TPSA) is 116 Å². The van der Waals surface area contributed by atoms with Gasteiger partial charge in [-0.2, -0.15) is 0 Å². The van der Waals surface area contributed by atoms with Gasteiger partial charge < -0.3 is 21.5 Å². The van der Waals surface area contributed by atoms with E-state index in [2.05, 4.69) is 15.3 Å². The van der Waals surface area contributed by atoms with E-state index in [1.165, 1.54) is 6.20 Å². The number of aromatic nitrogens is 1. The van der Waals surface area contributed by atoms with Crippen molar-refractivity contribution in [2.75, 3.05) is 19.4 Å². The number of aliphatic imine (C=N–C) groups is 1. The summed E-state index contributed by atoms with van der Waals surface area (Å²) in [6.45, 7) is 0.807. The van der Waals surface area contributed by atoms with E-state index in [-0.39, 0.29) is 23.3 Å². The molecule has 1 atom stereocenters. The molecule has 3 aromatic rings. The van der Waals surface area contributed by atoms with E-state index < -0.39 is 0 Å². The van der Waals surface area contributed by atoms with Crippen LogP contribution in [0.4, 0.5) is 5.82 Å². The van der Waals surface area contributed by atoms with Crippen molar-refractivity contribution in [2.45, 2.75) is 19.1 Å². The van der Waals surface area contributed by atoms with Crippen LogP contribution in [0.25, 0.3) is 5.57 Å². The van der Waals surface area contributed by atoms with E-state index in [1.807, 2.05) is 60.7 Å². The van der Waals surface area contributed by atoms with Crippen molar-refractivity contribution in [1.82, 2.24) is 10.3 Å². The minimum absolute atomic E-state index is 0.143. The Morgan fingerprint density at radius 1 is 1.12 bits per heavy atom. The molecule has 1 heterocycles. The smallest absolute Gasteiger partial charge is 0.255 e. The van der Waals surface area contributed by atoms with E-state index in [0.717, 1.165) is 11.1 Å². The fourth-order valence-electron chi connectivity index (χ4n) is 3.37. The Morgan fingerprint density at radius 2 is 1.79 bits per heavy atom. The molecule has 0 bridgehead atoms. The molecule has 1 aromatic heterocycles. The quantitative estimate of drug-likeness (QED) is 0.416. The number of allylic oxidation sites excluding steroid dienone is 1. The summed E-state index contributed by atoms with van der Waals surface area (Å²) in [7, 11) is 1.64. The van der Waals surface area contributed by atoms with Crippen LogP contribution in [-0.4, -0.2) is 36.8 Å². The maximum atomic E-state index is 13.1. The van der Waals surface area contributed by atoms with E-state index in [9.17, 15) is 4.79 Å². The zero-order valence-electron chi connectivity index (χ0n) is 18.6. The first-order chi connectivity index (χ1) is 16.1. The van der Waals surface area contributed by atoms with Crippen LogP contribution in [0.15, 0.2) is 84.1 Å². The maximum absolute atomic E-state index is 13.1.